The Balaban J connectivity index is 1.32. The molecule has 0 atom stereocenters. The lowest BCUT2D eigenvalue weighted by molar-refractivity contribution is 0.0912. The minimum atomic E-state index is -0.0351. The third kappa shape index (κ3) is 3.71. The number of aryl methyl sites for hydroxylation is 2. The average molecular weight is 451 g/mol. The molecule has 0 spiro atoms. The van der Waals surface area contributed by atoms with E-state index in [0.29, 0.717) is 24.3 Å². The van der Waals surface area contributed by atoms with E-state index >= 15 is 0 Å². The fourth-order valence-corrected chi connectivity index (χ4v) is 5.22. The molecule has 5 rings (SSSR count). The van der Waals surface area contributed by atoms with Gasteiger partial charge in [-0.1, -0.05) is 12.1 Å². The molecule has 0 saturated carbocycles. The summed E-state index contributed by atoms with van der Waals surface area (Å²) in [5, 5.41) is 12.6. The quantitative estimate of drug-likeness (QED) is 0.505. The van der Waals surface area contributed by atoms with E-state index in [9.17, 15) is 9.59 Å². The van der Waals surface area contributed by atoms with Crippen LogP contribution in [-0.2, 0) is 13.1 Å². The molecule has 32 heavy (non-hydrogen) atoms. The highest BCUT2D eigenvalue weighted by Gasteiger charge is 2.24. The van der Waals surface area contributed by atoms with Crippen molar-refractivity contribution < 1.29 is 4.79 Å². The lowest BCUT2D eigenvalue weighted by Crippen LogP contribution is -2.44. The highest BCUT2D eigenvalue weighted by Crippen LogP contribution is 2.19. The fourth-order valence-electron chi connectivity index (χ4n) is 4.45. The molecule has 0 bridgehead atoms. The second-order valence-corrected chi connectivity index (χ2v) is 9.54. The predicted molar refractivity (Wildman–Crippen MR) is 125 cm³/mol. The van der Waals surface area contributed by atoms with E-state index in [0.717, 1.165) is 47.0 Å². The Kier molecular flexibility index (Phi) is 5.52. The molecular weight excluding hydrogens is 424 g/mol. The number of carbonyl (C=O) groups excluding carboxylic acids is 1. The van der Waals surface area contributed by atoms with Crippen molar-refractivity contribution in [2.45, 2.75) is 45.8 Å². The number of nitrogens with one attached hydrogen (secondary N) is 1. The normalized spacial score (nSPS) is 15.6. The zero-order chi connectivity index (χ0) is 22.2. The number of thiophene rings is 1. The summed E-state index contributed by atoms with van der Waals surface area (Å²) in [7, 11) is 0. The number of aromatic nitrogens is 4. The lowest BCUT2D eigenvalue weighted by atomic mass is 10.0. The zero-order valence-electron chi connectivity index (χ0n) is 18.2. The third-order valence-corrected chi connectivity index (χ3v) is 7.14. The second kappa shape index (κ2) is 8.48. The lowest BCUT2D eigenvalue weighted by Gasteiger charge is -2.31. The summed E-state index contributed by atoms with van der Waals surface area (Å²) in [5.74, 6) is 1.43. The largest absolute Gasteiger partial charge is 0.349 e. The summed E-state index contributed by atoms with van der Waals surface area (Å²) >= 11 is 1.53. The monoisotopic (exact) mass is 450 g/mol. The van der Waals surface area contributed by atoms with E-state index in [-0.39, 0.29) is 17.5 Å². The molecule has 1 fully saturated rings. The molecule has 1 N–H and O–H groups in total. The van der Waals surface area contributed by atoms with Gasteiger partial charge in [-0.15, -0.1) is 21.5 Å². The molecule has 1 aliphatic heterocycles. The maximum absolute atomic E-state index is 12.8. The number of hydrogen-bond donors (Lipinski definition) is 1. The van der Waals surface area contributed by atoms with E-state index < -0.39 is 0 Å². The highest BCUT2D eigenvalue weighted by molar-refractivity contribution is 7.13. The first-order valence-electron chi connectivity index (χ1n) is 11.0. The van der Waals surface area contributed by atoms with E-state index in [1.165, 1.54) is 11.3 Å². The first-order valence-corrected chi connectivity index (χ1v) is 11.8. The molecule has 4 aromatic rings. The van der Waals surface area contributed by atoms with Crippen molar-refractivity contribution >= 4 is 33.9 Å². The minimum absolute atomic E-state index is 0.0222. The summed E-state index contributed by atoms with van der Waals surface area (Å²) in [4.78, 5) is 29.6. The second-order valence-electron chi connectivity index (χ2n) is 8.25. The number of fused-ring (bicyclic) bond motifs is 3. The summed E-state index contributed by atoms with van der Waals surface area (Å²) in [6.07, 6.45) is 1.79. The molecule has 8 nitrogen and oxygen atoms in total. The van der Waals surface area contributed by atoms with E-state index in [1.807, 2.05) is 54.6 Å². The van der Waals surface area contributed by atoms with Crippen molar-refractivity contribution in [3.05, 3.63) is 62.3 Å². The molecular formula is C23H26N6O2S. The Hall–Kier alpha value is -3.04. The van der Waals surface area contributed by atoms with Gasteiger partial charge in [0, 0.05) is 30.6 Å². The number of para-hydroxylation sites is 1. The standard InChI is InChI=1S/C23H26N6O2S/c1-3-28-22(31)17-6-4-5-7-18(17)29-20(25-26-23(28)29)14-27-12-10-16(11-13-27)24-21(30)19-9-8-15(2)32-19/h4-9,16H,3,10-14H2,1-2H3,(H,24,30). The molecule has 1 amide bonds. The number of hydrogen-bond acceptors (Lipinski definition) is 6. The fraction of sp³-hybridized carbons (Fsp3) is 0.391. The van der Waals surface area contributed by atoms with Gasteiger partial charge >= 0.3 is 0 Å². The molecule has 4 heterocycles. The van der Waals surface area contributed by atoms with Crippen LogP contribution < -0.4 is 10.9 Å². The minimum Gasteiger partial charge on any atom is -0.349 e. The zero-order valence-corrected chi connectivity index (χ0v) is 19.1. The van der Waals surface area contributed by atoms with Crippen LogP contribution in [0.4, 0.5) is 0 Å². The van der Waals surface area contributed by atoms with Crippen LogP contribution in [0.2, 0.25) is 0 Å². The van der Waals surface area contributed by atoms with Crippen molar-refractivity contribution in [3.8, 4) is 0 Å². The molecule has 1 saturated heterocycles. The molecule has 1 aromatic carbocycles. The van der Waals surface area contributed by atoms with Gasteiger partial charge in [0.05, 0.1) is 22.3 Å². The average Bonchev–Trinajstić information content (AvgIpc) is 3.42. The van der Waals surface area contributed by atoms with Gasteiger partial charge in [-0.05, 0) is 51.0 Å². The van der Waals surface area contributed by atoms with Gasteiger partial charge in [-0.2, -0.15) is 0 Å². The Morgan fingerprint density at radius 1 is 1.16 bits per heavy atom. The number of rotatable bonds is 5. The molecule has 0 aliphatic carbocycles. The van der Waals surface area contributed by atoms with Gasteiger partial charge in [0.25, 0.3) is 11.5 Å². The number of benzene rings is 1. The van der Waals surface area contributed by atoms with Gasteiger partial charge in [0.1, 0.15) is 0 Å². The summed E-state index contributed by atoms with van der Waals surface area (Å²) in [6.45, 7) is 6.89. The van der Waals surface area contributed by atoms with Gasteiger partial charge in [-0.3, -0.25) is 23.5 Å². The van der Waals surface area contributed by atoms with Crippen LogP contribution in [0, 0.1) is 6.92 Å². The van der Waals surface area contributed by atoms with Crippen molar-refractivity contribution in [2.75, 3.05) is 13.1 Å². The molecule has 9 heteroatoms. The first-order chi connectivity index (χ1) is 15.5. The van der Waals surface area contributed by atoms with Crippen LogP contribution in [0.1, 0.15) is 40.1 Å². The van der Waals surface area contributed by atoms with E-state index in [4.69, 9.17) is 0 Å². The number of carbonyl (C=O) groups is 1. The van der Waals surface area contributed by atoms with E-state index in [2.05, 4.69) is 20.4 Å². The Morgan fingerprint density at radius 2 is 1.94 bits per heavy atom. The SMILES string of the molecule is CCn1c(=O)c2ccccc2n2c(CN3CCC(NC(=O)c4ccc(C)s4)CC3)nnc12. The first kappa shape index (κ1) is 20.8. The number of amides is 1. The van der Waals surface area contributed by atoms with Crippen LogP contribution in [-0.4, -0.2) is 49.1 Å². The maximum atomic E-state index is 12.8. The maximum Gasteiger partial charge on any atom is 0.262 e. The van der Waals surface area contributed by atoms with Gasteiger partial charge in [0.15, 0.2) is 5.82 Å². The smallest absolute Gasteiger partial charge is 0.262 e. The van der Waals surface area contributed by atoms with Gasteiger partial charge in [-0.25, -0.2) is 0 Å². The van der Waals surface area contributed by atoms with Gasteiger partial charge < -0.3 is 5.32 Å². The summed E-state index contributed by atoms with van der Waals surface area (Å²) in [5.41, 5.74) is 0.803. The topological polar surface area (TPSA) is 84.5 Å². The molecule has 1 aliphatic rings. The van der Waals surface area contributed by atoms with Crippen LogP contribution in [0.25, 0.3) is 16.7 Å². The molecule has 3 aromatic heterocycles. The Labute approximate surface area is 189 Å². The van der Waals surface area contributed by atoms with Crippen LogP contribution in [0.5, 0.6) is 0 Å². The van der Waals surface area contributed by atoms with Crippen LogP contribution in [0.15, 0.2) is 41.2 Å². The van der Waals surface area contributed by atoms with Crippen molar-refractivity contribution in [1.29, 1.82) is 0 Å². The van der Waals surface area contributed by atoms with Crippen LogP contribution in [0.3, 0.4) is 0 Å². The van der Waals surface area contributed by atoms with E-state index in [1.54, 1.807) is 4.57 Å². The number of likely N-dealkylation sites (tertiary alicyclic amines) is 1. The summed E-state index contributed by atoms with van der Waals surface area (Å²) < 4.78 is 3.68. The highest BCUT2D eigenvalue weighted by atomic mass is 32.1. The predicted octanol–water partition coefficient (Wildman–Crippen LogP) is 2.83. The Morgan fingerprint density at radius 3 is 2.66 bits per heavy atom. The van der Waals surface area contributed by atoms with Gasteiger partial charge in [0.2, 0.25) is 5.78 Å². The molecule has 0 unspecified atom stereocenters. The Bertz CT molecular complexity index is 1350. The van der Waals surface area contributed by atoms with Crippen molar-refractivity contribution in [1.82, 2.24) is 29.4 Å². The van der Waals surface area contributed by atoms with Crippen molar-refractivity contribution in [3.63, 3.8) is 0 Å². The van der Waals surface area contributed by atoms with Crippen LogP contribution >= 0.6 is 11.3 Å². The molecule has 0 radical (unpaired) electrons. The number of piperidine rings is 1. The number of nitrogens with zero attached hydrogens (tertiary/aromatic N) is 5. The summed E-state index contributed by atoms with van der Waals surface area (Å²) in [6, 6.07) is 11.7. The molecule has 166 valence electrons. The third-order valence-electron chi connectivity index (χ3n) is 6.14. The van der Waals surface area contributed by atoms with Crippen molar-refractivity contribution in [2.24, 2.45) is 0 Å².